The predicted molar refractivity (Wildman–Crippen MR) is 68.8 cm³/mol. The van der Waals surface area contributed by atoms with E-state index < -0.39 is 13.2 Å². The fraction of sp³-hybridized carbons (Fsp3) is 1.00. The van der Waals surface area contributed by atoms with Crippen molar-refractivity contribution < 1.29 is 19.8 Å². The zero-order chi connectivity index (χ0) is 11.6. The van der Waals surface area contributed by atoms with Gasteiger partial charge in [0, 0.05) is 0 Å². The van der Waals surface area contributed by atoms with Crippen molar-refractivity contribution in [2.75, 3.05) is 13.2 Å². The van der Waals surface area contributed by atoms with Gasteiger partial charge in [0.2, 0.25) is 0 Å². The number of hydrogen-bond acceptors (Lipinski definition) is 2. The molecule has 15 heavy (non-hydrogen) atoms. The van der Waals surface area contributed by atoms with Crippen molar-refractivity contribution in [1.82, 2.24) is 0 Å². The molecule has 0 spiro atoms. The number of unbranched alkanes of at least 4 members (excludes halogenated alkanes) is 4. The van der Waals surface area contributed by atoms with Gasteiger partial charge in [-0.15, -0.1) is 0 Å². The first-order valence-electron chi connectivity index (χ1n) is 5.78. The quantitative estimate of drug-likeness (QED) is 0.391. The second-order valence-corrected chi connectivity index (χ2v) is 18.9. The molecule has 0 saturated carbocycles. The zero-order valence-electron chi connectivity index (χ0n) is 9.73. The molecule has 0 N–H and O–H groups in total. The van der Waals surface area contributed by atoms with Crippen molar-refractivity contribution in [2.45, 2.75) is 52.4 Å². The summed E-state index contributed by atoms with van der Waals surface area (Å²) in [5.41, 5.74) is 0. The first-order valence-corrected chi connectivity index (χ1v) is 14.8. The first-order chi connectivity index (χ1) is 7.12. The van der Waals surface area contributed by atoms with Crippen molar-refractivity contribution in [2.24, 2.45) is 0 Å². The average molecular weight is 382 g/mol. The molecule has 0 aromatic rings. The Bertz CT molecular complexity index is 131. The molecule has 0 atom stereocenters. The van der Waals surface area contributed by atoms with Gasteiger partial charge in [0.05, 0.1) is 0 Å². The normalized spacial score (nSPS) is 12.0. The molecule has 0 aliphatic carbocycles. The molecule has 0 aliphatic rings. The summed E-state index contributed by atoms with van der Waals surface area (Å²) in [7, 11) is 0. The van der Waals surface area contributed by atoms with Gasteiger partial charge in [0.1, 0.15) is 0 Å². The van der Waals surface area contributed by atoms with Gasteiger partial charge in [0.15, 0.2) is 0 Å². The summed E-state index contributed by atoms with van der Waals surface area (Å²) in [4.78, 5) is 0. The monoisotopic (exact) mass is 380 g/mol. The van der Waals surface area contributed by atoms with Gasteiger partial charge in [-0.2, -0.15) is 0 Å². The van der Waals surface area contributed by atoms with E-state index in [0.29, 0.717) is 0 Å². The Morgan fingerprint density at radius 2 is 1.20 bits per heavy atom. The fourth-order valence-corrected chi connectivity index (χ4v) is 5.12. The Morgan fingerprint density at radius 1 is 0.800 bits per heavy atom. The Labute approximate surface area is 111 Å². The van der Waals surface area contributed by atoms with Crippen molar-refractivity contribution >= 4 is 26.3 Å². The average Bonchev–Trinajstić information content (AvgIpc) is 2.20. The third-order valence-electron chi connectivity index (χ3n) is 2.04. The SMILES string of the molecule is CCCCC[O][Ti]([Br])([Br])[O]CCCCC. The van der Waals surface area contributed by atoms with Gasteiger partial charge >= 0.3 is 112 Å². The number of halogens is 2. The molecule has 0 amide bonds. The van der Waals surface area contributed by atoms with Crippen LogP contribution in [-0.2, 0) is 19.8 Å². The van der Waals surface area contributed by atoms with Crippen LogP contribution in [-0.4, -0.2) is 13.2 Å². The van der Waals surface area contributed by atoms with Crippen molar-refractivity contribution in [3.05, 3.63) is 0 Å². The molecule has 0 rings (SSSR count). The van der Waals surface area contributed by atoms with E-state index in [-0.39, 0.29) is 0 Å². The summed E-state index contributed by atoms with van der Waals surface area (Å²) in [6, 6.07) is 0. The van der Waals surface area contributed by atoms with Gasteiger partial charge in [0.25, 0.3) is 0 Å². The minimum absolute atomic E-state index is 0.804. The maximum absolute atomic E-state index is 5.71. The Morgan fingerprint density at radius 3 is 1.53 bits per heavy atom. The van der Waals surface area contributed by atoms with Crippen molar-refractivity contribution in [1.29, 1.82) is 0 Å². The van der Waals surface area contributed by atoms with Gasteiger partial charge in [-0.3, -0.25) is 0 Å². The Hall–Kier alpha value is 1.59. The fourth-order valence-electron chi connectivity index (χ4n) is 1.13. The van der Waals surface area contributed by atoms with Crippen LogP contribution in [0.2, 0.25) is 0 Å². The van der Waals surface area contributed by atoms with Crippen LogP contribution in [0.15, 0.2) is 0 Å². The van der Waals surface area contributed by atoms with Crippen LogP contribution in [0.3, 0.4) is 0 Å². The molecule has 0 heterocycles. The maximum atomic E-state index is 5.71. The standard InChI is InChI=1S/2C5H11O.2BrH.Ti/c2*1-2-3-4-5-6;;;/h2*2-5H2,1H3;2*1H;/q2*-1;;;+4/p-2. The number of rotatable bonds is 10. The van der Waals surface area contributed by atoms with Crippen molar-refractivity contribution in [3.63, 3.8) is 0 Å². The molecule has 5 heteroatoms. The summed E-state index contributed by atoms with van der Waals surface area (Å²) in [6.45, 7) is 5.99. The van der Waals surface area contributed by atoms with Crippen LogP contribution in [0.25, 0.3) is 0 Å². The second kappa shape index (κ2) is 10.7. The van der Waals surface area contributed by atoms with Crippen LogP contribution in [0, 0.1) is 0 Å². The predicted octanol–water partition coefficient (Wildman–Crippen LogP) is 5.00. The van der Waals surface area contributed by atoms with E-state index in [9.17, 15) is 0 Å². The van der Waals surface area contributed by atoms with Crippen LogP contribution < -0.4 is 0 Å². The van der Waals surface area contributed by atoms with E-state index in [1.54, 1.807) is 0 Å². The molecular formula is C10H22Br2O2Ti. The van der Waals surface area contributed by atoms with Gasteiger partial charge in [-0.05, 0) is 0 Å². The molecule has 0 radical (unpaired) electrons. The second-order valence-electron chi connectivity index (χ2n) is 3.57. The third kappa shape index (κ3) is 11.9. The Balaban J connectivity index is 3.40. The third-order valence-corrected chi connectivity index (χ3v) is 7.50. The molecule has 0 fully saturated rings. The van der Waals surface area contributed by atoms with E-state index in [1.807, 2.05) is 0 Å². The summed E-state index contributed by atoms with van der Waals surface area (Å²) in [6.07, 6.45) is 7.16. The van der Waals surface area contributed by atoms with E-state index in [4.69, 9.17) is 6.64 Å². The summed E-state index contributed by atoms with van der Waals surface area (Å²) < 4.78 is 11.4. The molecule has 0 bridgehead atoms. The minimum atomic E-state index is -2.67. The molecule has 0 aromatic heterocycles. The van der Waals surface area contributed by atoms with Crippen LogP contribution in [0.1, 0.15) is 52.4 Å². The van der Waals surface area contributed by atoms with Crippen LogP contribution in [0.4, 0.5) is 0 Å². The molecule has 0 aromatic carbocycles. The Kier molecular flexibility index (Phi) is 11.9. The summed E-state index contributed by atoms with van der Waals surface area (Å²) in [5, 5.41) is 0. The van der Waals surface area contributed by atoms with E-state index >= 15 is 0 Å². The van der Waals surface area contributed by atoms with Gasteiger partial charge < -0.3 is 0 Å². The topological polar surface area (TPSA) is 18.5 Å². The first kappa shape index (κ1) is 16.6. The van der Waals surface area contributed by atoms with Gasteiger partial charge in [-0.1, -0.05) is 0 Å². The van der Waals surface area contributed by atoms with E-state index in [1.165, 1.54) is 25.7 Å². The van der Waals surface area contributed by atoms with Crippen LogP contribution >= 0.6 is 26.3 Å². The molecule has 0 aliphatic heterocycles. The molecule has 2 nitrogen and oxygen atoms in total. The summed E-state index contributed by atoms with van der Waals surface area (Å²) in [5.74, 6) is 0. The molecular weight excluding hydrogens is 360 g/mol. The van der Waals surface area contributed by atoms with E-state index in [0.717, 1.165) is 26.1 Å². The van der Waals surface area contributed by atoms with E-state index in [2.05, 4.69) is 40.2 Å². The van der Waals surface area contributed by atoms with Crippen LogP contribution in [0.5, 0.6) is 0 Å². The summed E-state index contributed by atoms with van der Waals surface area (Å²) >= 11 is 4.42. The molecule has 92 valence electrons. The van der Waals surface area contributed by atoms with Gasteiger partial charge in [-0.25, -0.2) is 0 Å². The number of hydrogen-bond donors (Lipinski definition) is 0. The molecule has 0 unspecified atom stereocenters. The zero-order valence-corrected chi connectivity index (χ0v) is 14.5. The van der Waals surface area contributed by atoms with Crippen molar-refractivity contribution in [3.8, 4) is 0 Å². The molecule has 0 saturated heterocycles.